The molecule has 10 aromatic rings. The van der Waals surface area contributed by atoms with Crippen LogP contribution in [0, 0.1) is 0 Å². The number of allylic oxidation sites excluding steroid dienone is 4. The van der Waals surface area contributed by atoms with Crippen LogP contribution in [0.2, 0.25) is 0 Å². The topological polar surface area (TPSA) is 24.5 Å². The van der Waals surface area contributed by atoms with Crippen LogP contribution < -0.4 is 15.0 Å². The lowest BCUT2D eigenvalue weighted by atomic mass is 9.72. The van der Waals surface area contributed by atoms with Crippen molar-refractivity contribution in [3.63, 3.8) is 0 Å². The number of para-hydroxylation sites is 4. The fourth-order valence-electron chi connectivity index (χ4n) is 11.0. The Labute approximate surface area is 342 Å². The van der Waals surface area contributed by atoms with Crippen molar-refractivity contribution in [2.75, 3.05) is 10.2 Å². The monoisotopic (exact) mass is 756 g/mol. The summed E-state index contributed by atoms with van der Waals surface area (Å²) < 4.78 is 7.07. The Morgan fingerprint density at radius 1 is 0.559 bits per heavy atom. The van der Waals surface area contributed by atoms with Crippen molar-refractivity contribution in [1.82, 2.24) is 0 Å². The van der Waals surface area contributed by atoms with E-state index in [2.05, 4.69) is 194 Å². The van der Waals surface area contributed by atoms with E-state index in [1.54, 1.807) is 0 Å². The number of benzene rings is 9. The Bertz CT molecular complexity index is 3360. The van der Waals surface area contributed by atoms with E-state index in [0.29, 0.717) is 0 Å². The van der Waals surface area contributed by atoms with E-state index >= 15 is 0 Å². The van der Waals surface area contributed by atoms with E-state index in [9.17, 15) is 0 Å². The summed E-state index contributed by atoms with van der Waals surface area (Å²) >= 11 is 0. The average Bonchev–Trinajstić information content (AvgIpc) is 3.66. The molecule has 280 valence electrons. The predicted molar refractivity (Wildman–Crippen MR) is 249 cm³/mol. The highest BCUT2D eigenvalue weighted by Crippen LogP contribution is 2.54. The lowest BCUT2D eigenvalue weighted by Gasteiger charge is -2.38. The van der Waals surface area contributed by atoms with Gasteiger partial charge in [-0.2, -0.15) is 0 Å². The first-order valence-electron chi connectivity index (χ1n) is 20.9. The molecular formula is C56H40N2O. The predicted octanol–water partition coefficient (Wildman–Crippen LogP) is 15.2. The normalized spacial score (nSPS) is 16.9. The van der Waals surface area contributed by atoms with Gasteiger partial charge in [-0.1, -0.05) is 147 Å². The molecule has 2 heterocycles. The van der Waals surface area contributed by atoms with Gasteiger partial charge < -0.3 is 15.0 Å². The zero-order valence-electron chi connectivity index (χ0n) is 33.0. The number of fused-ring (bicyclic) bond motifs is 4. The van der Waals surface area contributed by atoms with Crippen LogP contribution in [0.4, 0.5) is 17.1 Å². The number of hydrogen-bond acceptors (Lipinski definition) is 3. The minimum atomic E-state index is -0.176. The first-order chi connectivity index (χ1) is 29.0. The average molecular weight is 757 g/mol. The summed E-state index contributed by atoms with van der Waals surface area (Å²) in [4.78, 5) is 2.48. The smallest absolute Gasteiger partial charge is 0.138 e. The maximum Gasteiger partial charge on any atom is 0.138 e. The Balaban J connectivity index is 1.17. The van der Waals surface area contributed by atoms with Gasteiger partial charge in [0.2, 0.25) is 0 Å². The molecule has 1 N–H and O–H groups in total. The van der Waals surface area contributed by atoms with Crippen LogP contribution in [-0.4, -0.2) is 0 Å². The molecule has 1 unspecified atom stereocenters. The minimum Gasteiger partial charge on any atom is -0.460 e. The van der Waals surface area contributed by atoms with Gasteiger partial charge in [0.05, 0.1) is 11.4 Å². The second kappa shape index (κ2) is 12.0. The number of nitrogens with one attached hydrogen (secondary N) is 1. The molecule has 0 spiro atoms. The minimum absolute atomic E-state index is 0.130. The quantitative estimate of drug-likeness (QED) is 0.182. The zero-order valence-corrected chi connectivity index (χ0v) is 33.0. The van der Waals surface area contributed by atoms with Crippen LogP contribution >= 0.6 is 0 Å². The van der Waals surface area contributed by atoms with Gasteiger partial charge in [0.1, 0.15) is 17.7 Å². The maximum atomic E-state index is 7.07. The van der Waals surface area contributed by atoms with Crippen molar-refractivity contribution in [2.45, 2.75) is 38.3 Å². The molecule has 3 nitrogen and oxygen atoms in total. The van der Waals surface area contributed by atoms with Gasteiger partial charge >= 0.3 is 0 Å². The highest BCUT2D eigenvalue weighted by molar-refractivity contribution is 6.29. The number of ether oxygens (including phenoxy) is 1. The molecule has 1 aliphatic carbocycles. The molecule has 3 aliphatic rings. The van der Waals surface area contributed by atoms with E-state index < -0.39 is 0 Å². The van der Waals surface area contributed by atoms with Gasteiger partial charge in [-0.15, -0.1) is 0 Å². The summed E-state index contributed by atoms with van der Waals surface area (Å²) in [6, 6.07) is 59.0. The second-order valence-corrected chi connectivity index (χ2v) is 17.1. The lowest BCUT2D eigenvalue weighted by molar-refractivity contribution is 0.353. The maximum absolute atomic E-state index is 7.07. The molecule has 3 heteroatoms. The van der Waals surface area contributed by atoms with Crippen LogP contribution in [-0.2, 0) is 5.41 Å². The van der Waals surface area contributed by atoms with Gasteiger partial charge in [0.15, 0.2) is 0 Å². The van der Waals surface area contributed by atoms with Gasteiger partial charge in [-0.25, -0.2) is 0 Å². The van der Waals surface area contributed by atoms with Crippen LogP contribution in [0.3, 0.4) is 0 Å². The third kappa shape index (κ3) is 4.48. The standard InChI is InChI=1S/C56H40N2O/c1-56(2)47-26-6-9-30-51(47)59-54-42(25-14-27-48(54)56)52-38-21-10-17-34-36-19-12-23-40-45(36)32-46-37(35-18-11-22-39(52)44(35)31-43(34)38)20-13-24-41(46)53(40)55-57-49-28-7-8-29-50(49)58(55)33-15-4-3-5-16-33/h3-8,10-29,31-32,55,57H,9,30H2,1-2H3. The molecule has 10 aromatic carbocycles. The van der Waals surface area contributed by atoms with Crippen molar-refractivity contribution < 1.29 is 4.74 Å². The summed E-state index contributed by atoms with van der Waals surface area (Å²) in [6.45, 7) is 4.71. The third-order valence-corrected chi connectivity index (χ3v) is 13.7. The van der Waals surface area contributed by atoms with Crippen molar-refractivity contribution in [3.05, 3.63) is 192 Å². The van der Waals surface area contributed by atoms with E-state index in [0.717, 1.165) is 41.3 Å². The van der Waals surface area contributed by atoms with Crippen LogP contribution in [0.5, 0.6) is 5.75 Å². The van der Waals surface area contributed by atoms with Crippen LogP contribution in [0.15, 0.2) is 181 Å². The molecule has 0 saturated heterocycles. The van der Waals surface area contributed by atoms with E-state index in [4.69, 9.17) is 4.74 Å². The molecule has 0 saturated carbocycles. The lowest BCUT2D eigenvalue weighted by Crippen LogP contribution is -2.28. The van der Waals surface area contributed by atoms with E-state index in [1.165, 1.54) is 92.6 Å². The number of anilines is 3. The SMILES string of the molecule is CC1(C)C2=C(CCC=C2)Oc2c(-c3c4cccc5c4cc4c3cccc4c3cccc4c(C6Nc7ccccc7N6c6ccccc6)c6cccc5c6cc43)cccc21. The fraction of sp³-hybridized carbons (Fsp3) is 0.107. The Hall–Kier alpha value is -7.10. The van der Waals surface area contributed by atoms with Gasteiger partial charge in [-0.05, 0) is 107 Å². The highest BCUT2D eigenvalue weighted by atomic mass is 16.5. The van der Waals surface area contributed by atoms with Gasteiger partial charge in [0, 0.05) is 45.4 Å². The first-order valence-corrected chi connectivity index (χ1v) is 20.9. The Morgan fingerprint density at radius 3 is 1.78 bits per heavy atom. The summed E-state index contributed by atoms with van der Waals surface area (Å²) in [5.41, 5.74) is 9.52. The summed E-state index contributed by atoms with van der Waals surface area (Å²) in [7, 11) is 0. The second-order valence-electron chi connectivity index (χ2n) is 17.1. The van der Waals surface area contributed by atoms with Crippen molar-refractivity contribution in [3.8, 4) is 16.9 Å². The first kappa shape index (κ1) is 32.9. The molecular weight excluding hydrogens is 717 g/mol. The zero-order chi connectivity index (χ0) is 39.0. The summed E-state index contributed by atoms with van der Waals surface area (Å²) in [5, 5.41) is 19.0. The molecule has 1 atom stereocenters. The largest absolute Gasteiger partial charge is 0.460 e. The molecule has 0 aromatic heterocycles. The number of rotatable bonds is 3. The fourth-order valence-corrected chi connectivity index (χ4v) is 11.0. The summed E-state index contributed by atoms with van der Waals surface area (Å²) in [6.07, 6.45) is 6.39. The Morgan fingerprint density at radius 2 is 1.12 bits per heavy atom. The Kier molecular flexibility index (Phi) is 6.68. The van der Waals surface area contributed by atoms with Crippen molar-refractivity contribution in [1.29, 1.82) is 0 Å². The molecule has 12 bridgehead atoms. The number of nitrogens with zero attached hydrogens (tertiary/aromatic N) is 1. The molecule has 0 radical (unpaired) electrons. The van der Waals surface area contributed by atoms with Crippen molar-refractivity contribution in [2.24, 2.45) is 0 Å². The molecule has 2 aliphatic heterocycles. The van der Waals surface area contributed by atoms with E-state index in [-0.39, 0.29) is 11.6 Å². The van der Waals surface area contributed by atoms with Gasteiger partial charge in [-0.3, -0.25) is 0 Å². The molecule has 0 fully saturated rings. The van der Waals surface area contributed by atoms with Crippen molar-refractivity contribution >= 4 is 81.7 Å². The third-order valence-electron chi connectivity index (χ3n) is 13.7. The van der Waals surface area contributed by atoms with E-state index in [1.807, 2.05) is 0 Å². The van der Waals surface area contributed by atoms with Crippen LogP contribution in [0.1, 0.15) is 44.0 Å². The van der Waals surface area contributed by atoms with Gasteiger partial charge in [0.25, 0.3) is 0 Å². The summed E-state index contributed by atoms with van der Waals surface area (Å²) in [5.74, 6) is 2.10. The van der Waals surface area contributed by atoms with Crippen LogP contribution in [0.25, 0.3) is 75.8 Å². The molecule has 59 heavy (non-hydrogen) atoms. The molecule has 0 amide bonds. The highest BCUT2D eigenvalue weighted by Gasteiger charge is 2.38. The molecule has 13 rings (SSSR count). The number of hydrogen-bond donors (Lipinski definition) is 1.